The molecular weight excluding hydrogens is 616 g/mol. The van der Waals surface area contributed by atoms with E-state index in [1.807, 2.05) is 20.8 Å². The van der Waals surface area contributed by atoms with E-state index < -0.39 is 54.7 Å². The molecule has 47 heavy (non-hydrogen) atoms. The number of anilines is 1. The number of benzene rings is 1. The molecule has 0 aliphatic carbocycles. The summed E-state index contributed by atoms with van der Waals surface area (Å²) in [4.78, 5) is 92.8. The van der Waals surface area contributed by atoms with Crippen LogP contribution in [0.5, 0.6) is 0 Å². The van der Waals surface area contributed by atoms with E-state index in [0.717, 1.165) is 11.3 Å². The highest BCUT2D eigenvalue weighted by Crippen LogP contribution is 2.11. The number of nitrogens with two attached hydrogens (primary N) is 1. The summed E-state index contributed by atoms with van der Waals surface area (Å²) in [5.74, 6) is -4.42. The molecule has 0 radical (unpaired) electrons. The van der Waals surface area contributed by atoms with Gasteiger partial charge >= 0.3 is 18.0 Å². The first-order valence-corrected chi connectivity index (χ1v) is 15.2. The lowest BCUT2D eigenvalue weighted by Crippen LogP contribution is -2.49. The smallest absolute Gasteiger partial charge is 0.312 e. The number of amides is 7. The van der Waals surface area contributed by atoms with Gasteiger partial charge in [0.25, 0.3) is 11.8 Å². The zero-order valence-corrected chi connectivity index (χ0v) is 27.3. The molecule has 0 fully saturated rings. The van der Waals surface area contributed by atoms with Gasteiger partial charge in [-0.1, -0.05) is 39.3 Å². The lowest BCUT2D eigenvalue weighted by Gasteiger charge is -2.17. The Hall–Kier alpha value is -5.28. The number of imide groups is 1. The van der Waals surface area contributed by atoms with Gasteiger partial charge in [-0.15, -0.1) is 0 Å². The molecule has 0 saturated heterocycles. The normalized spacial score (nSPS) is 12.0. The van der Waals surface area contributed by atoms with Crippen LogP contribution in [0.4, 0.5) is 10.5 Å². The molecule has 2 rings (SSSR count). The lowest BCUT2D eigenvalue weighted by molar-refractivity contribution is -0.142. The molecule has 1 heterocycles. The minimum atomic E-state index is -1.38. The number of urea groups is 1. The van der Waals surface area contributed by atoms with Gasteiger partial charge in [-0.25, -0.2) is 4.79 Å². The van der Waals surface area contributed by atoms with E-state index >= 15 is 0 Å². The first kappa shape index (κ1) is 41.7. The number of carboxylic acids is 1. The summed E-state index contributed by atoms with van der Waals surface area (Å²) in [5.41, 5.74) is 5.88. The number of esters is 1. The fourth-order valence-electron chi connectivity index (χ4n) is 3.65. The Labute approximate surface area is 273 Å². The summed E-state index contributed by atoms with van der Waals surface area (Å²) in [5, 5.41) is 18.8. The van der Waals surface area contributed by atoms with Crippen LogP contribution in [0.25, 0.3) is 0 Å². The van der Waals surface area contributed by atoms with Gasteiger partial charge < -0.3 is 36.8 Å². The summed E-state index contributed by atoms with van der Waals surface area (Å²) in [6.07, 6.45) is 4.09. The van der Waals surface area contributed by atoms with Crippen LogP contribution in [-0.4, -0.2) is 83.2 Å². The van der Waals surface area contributed by atoms with E-state index in [1.165, 1.54) is 19.1 Å². The number of nitrogens with one attached hydrogen (secondary N) is 4. The van der Waals surface area contributed by atoms with Crippen LogP contribution in [0.2, 0.25) is 0 Å². The van der Waals surface area contributed by atoms with Crippen molar-refractivity contribution in [2.24, 2.45) is 5.73 Å². The number of carboxylic acid groups (broad SMARTS) is 1. The van der Waals surface area contributed by atoms with E-state index in [9.17, 15) is 38.4 Å². The molecule has 0 aromatic heterocycles. The lowest BCUT2D eigenvalue weighted by atomic mass is 10.1. The summed E-state index contributed by atoms with van der Waals surface area (Å²) < 4.78 is 4.88. The molecule has 0 spiro atoms. The summed E-state index contributed by atoms with van der Waals surface area (Å²) in [6.45, 7) is 7.81. The fraction of sp³-hybridized carbons (Fsp3) is 0.484. The summed E-state index contributed by atoms with van der Waals surface area (Å²) >= 11 is 0. The quantitative estimate of drug-likeness (QED) is 0.0794. The Morgan fingerprint density at radius 1 is 0.915 bits per heavy atom. The maximum atomic E-state index is 12.4. The number of ether oxygens (including phenoxy) is 1. The van der Waals surface area contributed by atoms with Crippen molar-refractivity contribution in [2.75, 3.05) is 25.0 Å². The molecule has 0 bridgehead atoms. The van der Waals surface area contributed by atoms with Gasteiger partial charge in [0.1, 0.15) is 12.6 Å². The largest absolute Gasteiger partial charge is 0.481 e. The van der Waals surface area contributed by atoms with Crippen molar-refractivity contribution < 1.29 is 48.2 Å². The minimum absolute atomic E-state index is 0.0114. The van der Waals surface area contributed by atoms with Gasteiger partial charge in [0.2, 0.25) is 17.7 Å². The number of aliphatic carboxylic acids is 1. The summed E-state index contributed by atoms with van der Waals surface area (Å²) in [6, 6.07) is 4.66. The molecule has 1 aromatic carbocycles. The second-order valence-corrected chi connectivity index (χ2v) is 9.72. The molecule has 0 saturated carbocycles. The first-order valence-electron chi connectivity index (χ1n) is 15.2. The highest BCUT2D eigenvalue weighted by atomic mass is 16.5. The molecule has 16 heteroatoms. The van der Waals surface area contributed by atoms with Crippen LogP contribution in [0, 0.1) is 0 Å². The highest BCUT2D eigenvalue weighted by Gasteiger charge is 2.25. The second kappa shape index (κ2) is 24.0. The van der Waals surface area contributed by atoms with Crippen LogP contribution in [-0.2, 0) is 44.9 Å². The van der Waals surface area contributed by atoms with Crippen molar-refractivity contribution >= 4 is 53.2 Å². The zero-order valence-electron chi connectivity index (χ0n) is 27.3. The molecule has 7 N–H and O–H groups in total. The molecule has 7 amide bonds. The van der Waals surface area contributed by atoms with E-state index in [4.69, 9.17) is 15.6 Å². The third kappa shape index (κ3) is 19.7. The standard InChI is InChI=1S/C25H30N4O9.C4H10N2O.C2H6/c1-16(30)38-15-17-6-8-18(9-7-17)27-21(32)14-26-25(37)19(13-24(35)36)28-20(31)5-3-2-4-12-29-22(33)10-11-23(29)34;1-2-3-6-4(5)7;1-2/h6-11,19H,2-5,12-15H2,1H3,(H,26,37)(H,27,32)(H,28,31)(H,35,36);2-3H2,1H3,(H3,5,6,7);1-2H3/t19-;;/m0../s1. The fourth-order valence-corrected chi connectivity index (χ4v) is 3.65. The Morgan fingerprint density at radius 3 is 2.04 bits per heavy atom. The number of rotatable bonds is 17. The van der Waals surface area contributed by atoms with Gasteiger partial charge in [-0.05, 0) is 37.0 Å². The van der Waals surface area contributed by atoms with Crippen molar-refractivity contribution in [1.82, 2.24) is 20.9 Å². The Kier molecular flexibility index (Phi) is 21.3. The SMILES string of the molecule is CC.CC(=O)OCc1ccc(NC(=O)CNC(=O)[C@H](CC(=O)O)NC(=O)CCCCCN2C(=O)C=CC2=O)cc1.CCCNC(N)=O. The number of carbonyl (C=O) groups is 8. The maximum Gasteiger partial charge on any atom is 0.312 e. The van der Waals surface area contributed by atoms with Gasteiger partial charge in [0.05, 0.1) is 13.0 Å². The van der Waals surface area contributed by atoms with Gasteiger partial charge in [0.15, 0.2) is 0 Å². The predicted octanol–water partition coefficient (Wildman–Crippen LogP) is 1.34. The highest BCUT2D eigenvalue weighted by molar-refractivity contribution is 6.12. The number of unbranched alkanes of at least 4 members (excludes halogenated alkanes) is 2. The molecule has 16 nitrogen and oxygen atoms in total. The van der Waals surface area contributed by atoms with E-state index in [1.54, 1.807) is 24.3 Å². The van der Waals surface area contributed by atoms with Crippen molar-refractivity contribution in [3.63, 3.8) is 0 Å². The Balaban J connectivity index is 0.00000207. The molecule has 1 aromatic rings. The van der Waals surface area contributed by atoms with E-state index in [2.05, 4.69) is 21.3 Å². The van der Waals surface area contributed by atoms with Crippen molar-refractivity contribution in [3.05, 3.63) is 42.0 Å². The third-order valence-corrected chi connectivity index (χ3v) is 5.87. The van der Waals surface area contributed by atoms with Crippen LogP contribution in [0.3, 0.4) is 0 Å². The Bertz CT molecular complexity index is 1230. The van der Waals surface area contributed by atoms with Crippen LogP contribution < -0.4 is 27.0 Å². The number of nitrogens with zero attached hydrogens (tertiary/aromatic N) is 1. The van der Waals surface area contributed by atoms with E-state index in [-0.39, 0.29) is 31.4 Å². The molecule has 1 atom stereocenters. The third-order valence-electron chi connectivity index (χ3n) is 5.87. The van der Waals surface area contributed by atoms with Crippen LogP contribution in [0.15, 0.2) is 36.4 Å². The van der Waals surface area contributed by atoms with Gasteiger partial charge in [-0.3, -0.25) is 38.5 Å². The molecule has 260 valence electrons. The number of primary amides is 1. The first-order chi connectivity index (χ1) is 22.3. The van der Waals surface area contributed by atoms with Gasteiger partial charge in [-0.2, -0.15) is 0 Å². The van der Waals surface area contributed by atoms with Crippen molar-refractivity contribution in [3.8, 4) is 0 Å². The molecule has 1 aliphatic heterocycles. The number of carbonyl (C=O) groups excluding carboxylic acids is 7. The average Bonchev–Trinajstić information content (AvgIpc) is 3.35. The van der Waals surface area contributed by atoms with E-state index in [0.29, 0.717) is 37.1 Å². The van der Waals surface area contributed by atoms with Crippen LogP contribution >= 0.6 is 0 Å². The van der Waals surface area contributed by atoms with Gasteiger partial charge in [0, 0.05) is 44.3 Å². The minimum Gasteiger partial charge on any atom is -0.481 e. The maximum absolute atomic E-state index is 12.4. The summed E-state index contributed by atoms with van der Waals surface area (Å²) in [7, 11) is 0. The second-order valence-electron chi connectivity index (χ2n) is 9.72. The van der Waals surface area contributed by atoms with Crippen LogP contribution in [0.1, 0.15) is 71.8 Å². The monoisotopic (exact) mass is 662 g/mol. The van der Waals surface area contributed by atoms with Crippen molar-refractivity contribution in [1.29, 1.82) is 0 Å². The number of hydrogen-bond acceptors (Lipinski definition) is 9. The topological polar surface area (TPSA) is 243 Å². The average molecular weight is 663 g/mol. The number of hydrogen-bond donors (Lipinski definition) is 6. The van der Waals surface area contributed by atoms with Crippen molar-refractivity contribution in [2.45, 2.75) is 78.9 Å². The zero-order chi connectivity index (χ0) is 35.8. The Morgan fingerprint density at radius 2 is 1.53 bits per heavy atom. The molecule has 0 unspecified atom stereocenters. The predicted molar refractivity (Wildman–Crippen MR) is 171 cm³/mol. The molecular formula is C31H46N6O10. The molecule has 1 aliphatic rings.